The number of benzene rings is 13. The highest BCUT2D eigenvalue weighted by atomic mass is 15.2. The summed E-state index contributed by atoms with van der Waals surface area (Å²) in [6, 6.07) is 117. The van der Waals surface area contributed by atoms with E-state index in [0.29, 0.717) is 0 Å². The van der Waals surface area contributed by atoms with E-state index in [4.69, 9.17) is 0 Å². The highest BCUT2D eigenvalue weighted by Crippen LogP contribution is 2.49. The monoisotopic (exact) mass is 1040 g/mol. The second-order valence-corrected chi connectivity index (χ2v) is 21.7. The van der Waals surface area contributed by atoms with Gasteiger partial charge in [-0.1, -0.05) is 243 Å². The number of hydrogen-bond donors (Lipinski definition) is 0. The lowest BCUT2D eigenvalue weighted by molar-refractivity contribution is 1.16. The van der Waals surface area contributed by atoms with Gasteiger partial charge in [0.15, 0.2) is 0 Å². The summed E-state index contributed by atoms with van der Waals surface area (Å²) < 4.78 is 2.55. The molecule has 3 nitrogen and oxygen atoms in total. The van der Waals surface area contributed by atoms with Crippen molar-refractivity contribution in [1.82, 2.24) is 4.57 Å². The summed E-state index contributed by atoms with van der Waals surface area (Å²) in [7, 11) is 0. The molecule has 382 valence electrons. The highest BCUT2D eigenvalue weighted by Gasteiger charge is 2.44. The molecule has 14 aromatic rings. The molecule has 1 aromatic heterocycles. The van der Waals surface area contributed by atoms with E-state index in [0.717, 1.165) is 73.1 Å². The van der Waals surface area contributed by atoms with Crippen molar-refractivity contribution in [3.05, 3.63) is 315 Å². The SMILES string of the molecule is c1ccc(-c2cc(-c3ccccc3)cc(N3c4ccccc4B4c5ccccc5N(c5cc(-c6ccccc6)cc(-c6ccccc6)c5)c5cc(-n6c7cc(-c8ccccc8)ccc7c7ccc(-c8ccccc8)cc76)cc3c54)c2)cc1. The van der Waals surface area contributed by atoms with E-state index in [1.165, 1.54) is 71.7 Å². The van der Waals surface area contributed by atoms with E-state index in [2.05, 4.69) is 330 Å². The average molecular weight is 1040 g/mol. The minimum Gasteiger partial charge on any atom is -0.311 e. The molecular weight excluding hydrogens is 990 g/mol. The maximum Gasteiger partial charge on any atom is 0.252 e. The number of para-hydroxylation sites is 2. The maximum atomic E-state index is 2.58. The second-order valence-electron chi connectivity index (χ2n) is 21.7. The lowest BCUT2D eigenvalue weighted by atomic mass is 9.33. The van der Waals surface area contributed by atoms with Gasteiger partial charge in [-0.25, -0.2) is 0 Å². The lowest BCUT2D eigenvalue weighted by Gasteiger charge is -2.44. The standard InChI is InChI=1S/C78H52BN3/c1-7-23-53(24-8-1)59-39-41-68-69-42-40-60(54-25-9-2-10-26-54)50-75(69)82(74(68)49-59)67-51-76-78-77(52-67)81(66-47-63(57-31-15-5-16-32-57)44-64(48-66)58-33-17-6-18-34-58)73-38-22-20-36-71(73)79(78)70-35-19-21-37-72(70)80(76)65-45-61(55-27-11-3-12-28-55)43-62(46-65)56-29-13-4-14-30-56/h1-52H. The molecule has 0 N–H and O–H groups in total. The molecule has 0 bridgehead atoms. The van der Waals surface area contributed by atoms with Crippen LogP contribution in [0.4, 0.5) is 34.1 Å². The van der Waals surface area contributed by atoms with Crippen molar-refractivity contribution in [2.75, 3.05) is 9.80 Å². The van der Waals surface area contributed by atoms with Gasteiger partial charge in [0.05, 0.1) is 16.7 Å². The summed E-state index contributed by atoms with van der Waals surface area (Å²) in [5.41, 5.74) is 27.9. The summed E-state index contributed by atoms with van der Waals surface area (Å²) in [4.78, 5) is 5.15. The molecule has 2 aliphatic heterocycles. The Morgan fingerprint density at radius 1 is 0.207 bits per heavy atom. The van der Waals surface area contributed by atoms with E-state index >= 15 is 0 Å². The lowest BCUT2D eigenvalue weighted by Crippen LogP contribution is -2.61. The van der Waals surface area contributed by atoms with Crippen molar-refractivity contribution in [2.24, 2.45) is 0 Å². The predicted octanol–water partition coefficient (Wildman–Crippen LogP) is 18.9. The van der Waals surface area contributed by atoms with Crippen molar-refractivity contribution < 1.29 is 0 Å². The first kappa shape index (κ1) is 47.3. The number of anilines is 6. The Labute approximate surface area is 478 Å². The van der Waals surface area contributed by atoms with E-state index in [9.17, 15) is 0 Å². The molecule has 13 aromatic carbocycles. The first-order chi connectivity index (χ1) is 40.7. The molecule has 0 fully saturated rings. The van der Waals surface area contributed by atoms with Crippen molar-refractivity contribution in [1.29, 1.82) is 0 Å². The third-order valence-electron chi connectivity index (χ3n) is 16.9. The van der Waals surface area contributed by atoms with Crippen LogP contribution in [0.5, 0.6) is 0 Å². The third-order valence-corrected chi connectivity index (χ3v) is 16.9. The molecule has 0 aliphatic carbocycles. The topological polar surface area (TPSA) is 11.4 Å². The molecule has 0 spiro atoms. The van der Waals surface area contributed by atoms with Crippen LogP contribution in [-0.2, 0) is 0 Å². The number of rotatable bonds is 9. The molecule has 0 unspecified atom stereocenters. The molecule has 0 saturated heterocycles. The summed E-state index contributed by atoms with van der Waals surface area (Å²) in [6.07, 6.45) is 0. The van der Waals surface area contributed by atoms with Crippen LogP contribution in [0, 0.1) is 0 Å². The van der Waals surface area contributed by atoms with Crippen LogP contribution < -0.4 is 26.2 Å². The van der Waals surface area contributed by atoms with E-state index < -0.39 is 0 Å². The number of hydrogen-bond acceptors (Lipinski definition) is 2. The van der Waals surface area contributed by atoms with Crippen LogP contribution in [0.25, 0.3) is 94.3 Å². The van der Waals surface area contributed by atoms with Crippen LogP contribution in [0.1, 0.15) is 0 Å². The van der Waals surface area contributed by atoms with Gasteiger partial charge >= 0.3 is 0 Å². The van der Waals surface area contributed by atoms with Gasteiger partial charge < -0.3 is 14.4 Å². The Balaban J connectivity index is 1.05. The van der Waals surface area contributed by atoms with Crippen molar-refractivity contribution in [3.63, 3.8) is 0 Å². The number of nitrogens with zero attached hydrogens (tertiary/aromatic N) is 3. The summed E-state index contributed by atoms with van der Waals surface area (Å²) in [5, 5.41) is 2.41. The Kier molecular flexibility index (Phi) is 11.3. The summed E-state index contributed by atoms with van der Waals surface area (Å²) in [6.45, 7) is -0.0803. The zero-order valence-corrected chi connectivity index (χ0v) is 44.9. The van der Waals surface area contributed by atoms with Crippen LogP contribution in [-0.4, -0.2) is 11.3 Å². The quantitative estimate of drug-likeness (QED) is 0.134. The molecule has 0 saturated carbocycles. The Hall–Kier alpha value is -10.7. The normalized spacial score (nSPS) is 12.3. The van der Waals surface area contributed by atoms with Gasteiger partial charge in [-0.3, -0.25) is 0 Å². The van der Waals surface area contributed by atoms with Gasteiger partial charge in [-0.15, -0.1) is 0 Å². The van der Waals surface area contributed by atoms with Crippen LogP contribution in [0.2, 0.25) is 0 Å². The third kappa shape index (κ3) is 7.98. The molecule has 0 atom stereocenters. The van der Waals surface area contributed by atoms with Gasteiger partial charge in [0, 0.05) is 44.9 Å². The molecular formula is C78H52BN3. The van der Waals surface area contributed by atoms with E-state index in [1.54, 1.807) is 0 Å². The smallest absolute Gasteiger partial charge is 0.252 e. The Morgan fingerprint density at radius 2 is 0.512 bits per heavy atom. The van der Waals surface area contributed by atoms with E-state index in [-0.39, 0.29) is 6.71 Å². The summed E-state index contributed by atoms with van der Waals surface area (Å²) in [5.74, 6) is 0. The predicted molar refractivity (Wildman–Crippen MR) is 347 cm³/mol. The van der Waals surface area contributed by atoms with Crippen molar-refractivity contribution in [3.8, 4) is 72.4 Å². The highest BCUT2D eigenvalue weighted by molar-refractivity contribution is 7.00. The first-order valence-corrected chi connectivity index (χ1v) is 28.3. The van der Waals surface area contributed by atoms with Crippen LogP contribution >= 0.6 is 0 Å². The Morgan fingerprint density at radius 3 is 0.854 bits per heavy atom. The molecule has 2 aliphatic rings. The fraction of sp³-hybridized carbons (Fsp3) is 0. The van der Waals surface area contributed by atoms with Gasteiger partial charge in [0.2, 0.25) is 0 Å². The maximum absolute atomic E-state index is 2.58. The van der Waals surface area contributed by atoms with E-state index in [1.807, 2.05) is 0 Å². The van der Waals surface area contributed by atoms with Gasteiger partial charge in [-0.2, -0.15) is 0 Å². The molecule has 0 radical (unpaired) electrons. The van der Waals surface area contributed by atoms with Gasteiger partial charge in [0.25, 0.3) is 6.71 Å². The molecule has 0 amide bonds. The first-order valence-electron chi connectivity index (χ1n) is 28.3. The number of aromatic nitrogens is 1. The zero-order chi connectivity index (χ0) is 54.1. The van der Waals surface area contributed by atoms with Crippen LogP contribution in [0.15, 0.2) is 315 Å². The van der Waals surface area contributed by atoms with Gasteiger partial charge in [-0.05, 0) is 156 Å². The molecule has 16 rings (SSSR count). The molecule has 4 heteroatoms. The largest absolute Gasteiger partial charge is 0.311 e. The van der Waals surface area contributed by atoms with Crippen molar-refractivity contribution in [2.45, 2.75) is 0 Å². The number of fused-ring (bicyclic) bond motifs is 7. The Bertz CT molecular complexity index is 4320. The van der Waals surface area contributed by atoms with Crippen LogP contribution in [0.3, 0.4) is 0 Å². The minimum atomic E-state index is -0.0803. The molecule has 82 heavy (non-hydrogen) atoms. The fourth-order valence-electron chi connectivity index (χ4n) is 13.2. The zero-order valence-electron chi connectivity index (χ0n) is 44.9. The average Bonchev–Trinajstić information content (AvgIpc) is 3.64. The molecule has 3 heterocycles. The second kappa shape index (κ2) is 19.6. The fourth-order valence-corrected chi connectivity index (χ4v) is 13.2. The van der Waals surface area contributed by atoms with Crippen molar-refractivity contribution >= 4 is 79.0 Å². The summed E-state index contributed by atoms with van der Waals surface area (Å²) >= 11 is 0. The minimum absolute atomic E-state index is 0.0803. The van der Waals surface area contributed by atoms with Gasteiger partial charge in [0.1, 0.15) is 0 Å².